The van der Waals surface area contributed by atoms with Crippen LogP contribution in [0.5, 0.6) is 0 Å². The Morgan fingerprint density at radius 2 is 2.15 bits per heavy atom. The van der Waals surface area contributed by atoms with E-state index in [1.54, 1.807) is 23.0 Å². The number of benzene rings is 1. The lowest BCUT2D eigenvalue weighted by atomic mass is 10.1. The van der Waals surface area contributed by atoms with Crippen LogP contribution in [0.2, 0.25) is 5.02 Å². The Balaban J connectivity index is 1.56. The molecule has 1 fully saturated rings. The zero-order valence-electron chi connectivity index (χ0n) is 14.0. The standard InChI is InChI=1S/C18H15ClFIN4O/c1-8-14(10-5-23-25(2)7-10)15(8)18(26)24-13-4-9-3-12(21)17(20)16(19)11(9)6-22-13/h3-8,14-15H,1-2H3,(H,22,24,26). The van der Waals surface area contributed by atoms with Gasteiger partial charge in [0.1, 0.15) is 5.82 Å². The number of amides is 1. The number of nitrogens with zero attached hydrogens (tertiary/aromatic N) is 3. The van der Waals surface area contributed by atoms with E-state index in [0.717, 1.165) is 10.9 Å². The Morgan fingerprint density at radius 1 is 1.38 bits per heavy atom. The van der Waals surface area contributed by atoms with Crippen LogP contribution in [-0.4, -0.2) is 20.7 Å². The molecule has 2 aromatic heterocycles. The molecular formula is C18H15ClFIN4O. The Morgan fingerprint density at radius 3 is 2.85 bits per heavy atom. The third kappa shape index (κ3) is 2.96. The molecule has 0 bridgehead atoms. The highest BCUT2D eigenvalue weighted by Crippen LogP contribution is 2.54. The van der Waals surface area contributed by atoms with Gasteiger partial charge < -0.3 is 5.32 Å². The van der Waals surface area contributed by atoms with E-state index in [0.29, 0.717) is 14.8 Å². The van der Waals surface area contributed by atoms with Crippen molar-refractivity contribution in [2.24, 2.45) is 18.9 Å². The van der Waals surface area contributed by atoms with Crippen LogP contribution in [0, 0.1) is 21.2 Å². The smallest absolute Gasteiger partial charge is 0.229 e. The van der Waals surface area contributed by atoms with E-state index in [1.807, 2.05) is 35.8 Å². The van der Waals surface area contributed by atoms with Crippen molar-refractivity contribution in [3.05, 3.63) is 50.7 Å². The summed E-state index contributed by atoms with van der Waals surface area (Å²) in [4.78, 5) is 16.8. The minimum Gasteiger partial charge on any atom is -0.310 e. The average molecular weight is 485 g/mol. The molecule has 3 atom stereocenters. The Kier molecular flexibility index (Phi) is 4.38. The van der Waals surface area contributed by atoms with Crippen molar-refractivity contribution in [1.29, 1.82) is 0 Å². The van der Waals surface area contributed by atoms with Gasteiger partial charge in [0.2, 0.25) is 5.91 Å². The first-order valence-electron chi connectivity index (χ1n) is 8.09. The van der Waals surface area contributed by atoms with Crippen molar-refractivity contribution in [1.82, 2.24) is 14.8 Å². The highest BCUT2D eigenvalue weighted by Gasteiger charge is 2.52. The number of fused-ring (bicyclic) bond motifs is 1. The molecule has 0 radical (unpaired) electrons. The second-order valence-electron chi connectivity index (χ2n) is 6.62. The lowest BCUT2D eigenvalue weighted by Gasteiger charge is -2.08. The molecule has 1 aliphatic carbocycles. The fourth-order valence-corrected chi connectivity index (χ4v) is 4.49. The monoisotopic (exact) mass is 484 g/mol. The molecule has 0 aliphatic heterocycles. The van der Waals surface area contributed by atoms with Crippen molar-refractivity contribution in [2.45, 2.75) is 12.8 Å². The van der Waals surface area contributed by atoms with Crippen molar-refractivity contribution < 1.29 is 9.18 Å². The van der Waals surface area contributed by atoms with Crippen LogP contribution in [-0.2, 0) is 11.8 Å². The van der Waals surface area contributed by atoms with Crippen molar-refractivity contribution in [2.75, 3.05) is 5.32 Å². The molecule has 134 valence electrons. The maximum Gasteiger partial charge on any atom is 0.229 e. The summed E-state index contributed by atoms with van der Waals surface area (Å²) in [7, 11) is 1.86. The van der Waals surface area contributed by atoms with Crippen LogP contribution in [0.4, 0.5) is 10.2 Å². The van der Waals surface area contributed by atoms with Gasteiger partial charge in [-0.3, -0.25) is 9.48 Å². The number of anilines is 1. The normalized spacial score (nSPS) is 21.8. The Labute approximate surface area is 168 Å². The maximum atomic E-state index is 13.9. The fraction of sp³-hybridized carbons (Fsp3) is 0.278. The third-order valence-electron chi connectivity index (χ3n) is 4.90. The largest absolute Gasteiger partial charge is 0.310 e. The third-order valence-corrected chi connectivity index (χ3v) is 6.05. The molecule has 4 rings (SSSR count). The van der Waals surface area contributed by atoms with Gasteiger partial charge in [-0.1, -0.05) is 18.5 Å². The van der Waals surface area contributed by atoms with E-state index in [4.69, 9.17) is 11.6 Å². The quantitative estimate of drug-likeness (QED) is 0.444. The molecule has 8 heteroatoms. The molecule has 1 aromatic carbocycles. The lowest BCUT2D eigenvalue weighted by molar-refractivity contribution is -0.117. The Hall–Kier alpha value is -1.74. The zero-order valence-corrected chi connectivity index (χ0v) is 16.9. The Bertz CT molecular complexity index is 1040. The van der Waals surface area contributed by atoms with Gasteiger partial charge in [0.05, 0.1) is 14.8 Å². The van der Waals surface area contributed by atoms with Crippen molar-refractivity contribution >= 4 is 56.7 Å². The van der Waals surface area contributed by atoms with Gasteiger partial charge in [-0.15, -0.1) is 0 Å². The second kappa shape index (κ2) is 6.45. The van der Waals surface area contributed by atoms with E-state index < -0.39 is 5.82 Å². The summed E-state index contributed by atoms with van der Waals surface area (Å²) in [6, 6.07) is 3.40. The molecule has 0 spiro atoms. The van der Waals surface area contributed by atoms with Crippen LogP contribution in [0.3, 0.4) is 0 Å². The van der Waals surface area contributed by atoms with Crippen molar-refractivity contribution in [3.8, 4) is 0 Å². The summed E-state index contributed by atoms with van der Waals surface area (Å²) in [6.07, 6.45) is 5.24. The number of nitrogens with one attached hydrogen (secondary N) is 1. The summed E-state index contributed by atoms with van der Waals surface area (Å²) in [5.74, 6) is 0.238. The van der Waals surface area contributed by atoms with Crippen LogP contribution in [0.1, 0.15) is 18.4 Å². The summed E-state index contributed by atoms with van der Waals surface area (Å²) >= 11 is 7.94. The molecule has 1 N–H and O–H groups in total. The molecule has 3 aromatic rings. The number of pyridine rings is 1. The zero-order chi connectivity index (χ0) is 18.6. The van der Waals surface area contributed by atoms with Gasteiger partial charge in [0, 0.05) is 36.7 Å². The maximum absolute atomic E-state index is 13.9. The molecule has 1 aliphatic rings. The highest BCUT2D eigenvalue weighted by molar-refractivity contribution is 14.1. The van der Waals surface area contributed by atoms with Gasteiger partial charge in [-0.25, -0.2) is 9.37 Å². The number of carbonyl (C=O) groups is 1. The minimum absolute atomic E-state index is 0.0460. The molecule has 1 saturated carbocycles. The van der Waals surface area contributed by atoms with Gasteiger partial charge in [0.25, 0.3) is 0 Å². The van der Waals surface area contributed by atoms with Crippen molar-refractivity contribution in [3.63, 3.8) is 0 Å². The van der Waals surface area contributed by atoms with Gasteiger partial charge in [-0.2, -0.15) is 5.10 Å². The van der Waals surface area contributed by atoms with Gasteiger partial charge in [-0.05, 0) is 51.6 Å². The number of rotatable bonds is 3. The minimum atomic E-state index is -0.454. The molecule has 5 nitrogen and oxygen atoms in total. The predicted octanol–water partition coefficient (Wildman–Crippen LogP) is 4.35. The SMILES string of the molecule is CC1C(C(=O)Nc2cc3cc(I)c(F)c(Cl)c3cn2)C1c1cnn(C)c1. The second-order valence-corrected chi connectivity index (χ2v) is 8.16. The topological polar surface area (TPSA) is 59.8 Å². The number of halogens is 3. The van der Waals surface area contributed by atoms with Crippen LogP contribution in [0.25, 0.3) is 10.8 Å². The van der Waals surface area contributed by atoms with E-state index in [9.17, 15) is 9.18 Å². The first-order chi connectivity index (χ1) is 12.4. The number of hydrogen-bond donors (Lipinski definition) is 1. The van der Waals surface area contributed by atoms with E-state index in [-0.39, 0.29) is 28.7 Å². The fourth-order valence-electron chi connectivity index (χ4n) is 3.46. The first-order valence-corrected chi connectivity index (χ1v) is 9.55. The van der Waals surface area contributed by atoms with Gasteiger partial charge in [0.15, 0.2) is 5.82 Å². The number of carbonyl (C=O) groups excluding carboxylic acids is 1. The summed E-state index contributed by atoms with van der Waals surface area (Å²) in [5.41, 5.74) is 1.07. The van der Waals surface area contributed by atoms with Crippen LogP contribution < -0.4 is 5.32 Å². The number of hydrogen-bond acceptors (Lipinski definition) is 3. The van der Waals surface area contributed by atoms with E-state index in [2.05, 4.69) is 22.3 Å². The molecule has 1 amide bonds. The summed E-state index contributed by atoms with van der Waals surface area (Å²) < 4.78 is 16.1. The molecule has 3 unspecified atom stereocenters. The highest BCUT2D eigenvalue weighted by atomic mass is 127. The van der Waals surface area contributed by atoms with Gasteiger partial charge >= 0.3 is 0 Å². The number of aromatic nitrogens is 3. The summed E-state index contributed by atoms with van der Waals surface area (Å²) in [5, 5.41) is 8.35. The first kappa shape index (κ1) is 17.7. The summed E-state index contributed by atoms with van der Waals surface area (Å²) in [6.45, 7) is 2.06. The van der Waals surface area contributed by atoms with E-state index in [1.165, 1.54) is 6.20 Å². The predicted molar refractivity (Wildman–Crippen MR) is 107 cm³/mol. The molecule has 26 heavy (non-hydrogen) atoms. The molecular weight excluding hydrogens is 470 g/mol. The average Bonchev–Trinajstić information content (AvgIpc) is 3.08. The number of aryl methyl sites for hydroxylation is 1. The molecule has 0 saturated heterocycles. The molecule has 2 heterocycles. The van der Waals surface area contributed by atoms with Crippen LogP contribution >= 0.6 is 34.2 Å². The van der Waals surface area contributed by atoms with E-state index >= 15 is 0 Å². The van der Waals surface area contributed by atoms with Crippen LogP contribution in [0.15, 0.2) is 30.7 Å². The lowest BCUT2D eigenvalue weighted by Crippen LogP contribution is -2.16.